The molecule has 0 aliphatic heterocycles. The van der Waals surface area contributed by atoms with Gasteiger partial charge in [0.1, 0.15) is 16.5 Å². The maximum atomic E-state index is 15.0. The summed E-state index contributed by atoms with van der Waals surface area (Å²) in [5, 5.41) is 3.12. The minimum atomic E-state index is -0.724. The number of hydrogen-bond acceptors (Lipinski definition) is 5. The molecule has 2 heterocycles. The van der Waals surface area contributed by atoms with E-state index in [1.165, 1.54) is 35.7 Å². The Kier molecular flexibility index (Phi) is 9.70. The fourth-order valence-corrected chi connectivity index (χ4v) is 7.10. The van der Waals surface area contributed by atoms with E-state index in [1.54, 1.807) is 47.0 Å². The van der Waals surface area contributed by atoms with Gasteiger partial charge in [0, 0.05) is 47.4 Å². The highest BCUT2D eigenvalue weighted by Gasteiger charge is 2.26. The number of amides is 1. The average Bonchev–Trinajstić information content (AvgIpc) is 3.47. The Labute approximate surface area is 280 Å². The lowest BCUT2D eigenvalue weighted by atomic mass is 10.00. The minimum Gasteiger partial charge on any atom is -0.352 e. The normalized spacial score (nSPS) is 11.3. The highest BCUT2D eigenvalue weighted by Crippen LogP contribution is 2.39. The van der Waals surface area contributed by atoms with Gasteiger partial charge in [-0.1, -0.05) is 78.9 Å². The van der Waals surface area contributed by atoms with E-state index in [2.05, 4.69) is 10.2 Å². The summed E-state index contributed by atoms with van der Waals surface area (Å²) in [6.07, 6.45) is 1.42. The van der Waals surface area contributed by atoms with Crippen molar-refractivity contribution in [3.63, 3.8) is 0 Å². The first-order chi connectivity index (χ1) is 23.2. The molecule has 0 saturated heterocycles. The van der Waals surface area contributed by atoms with Crippen molar-refractivity contribution in [1.82, 2.24) is 14.8 Å². The SMILES string of the molecule is CCNC(=O)c1ccc(-c2sc3c(c2CN(C)Cc2ccccc2)c(=O)c(C(=O)c2ccccc2)cn3Cc2c(F)cccc2F)cc1. The lowest BCUT2D eigenvalue weighted by Crippen LogP contribution is -2.22. The number of carbonyl (C=O) groups excluding carboxylic acids is 2. The van der Waals surface area contributed by atoms with E-state index in [0.29, 0.717) is 46.5 Å². The molecule has 0 aliphatic rings. The summed E-state index contributed by atoms with van der Waals surface area (Å²) in [4.78, 5) is 44.1. The zero-order valence-corrected chi connectivity index (χ0v) is 27.3. The number of rotatable bonds is 11. The third-order valence-corrected chi connectivity index (χ3v) is 9.46. The summed E-state index contributed by atoms with van der Waals surface area (Å²) in [5.74, 6) is -2.12. The highest BCUT2D eigenvalue weighted by molar-refractivity contribution is 7.22. The number of pyridine rings is 1. The number of thiophene rings is 1. The van der Waals surface area contributed by atoms with Crippen LogP contribution in [0.2, 0.25) is 0 Å². The third kappa shape index (κ3) is 6.74. The van der Waals surface area contributed by atoms with Gasteiger partial charge < -0.3 is 9.88 Å². The molecule has 0 atom stereocenters. The van der Waals surface area contributed by atoms with E-state index in [-0.39, 0.29) is 23.6 Å². The predicted molar refractivity (Wildman–Crippen MR) is 186 cm³/mol. The molecule has 0 unspecified atom stereocenters. The molecular formula is C39H33F2N3O3S. The molecule has 0 aliphatic carbocycles. The highest BCUT2D eigenvalue weighted by atomic mass is 32.1. The zero-order chi connectivity index (χ0) is 33.8. The number of fused-ring (bicyclic) bond motifs is 1. The number of nitrogens with one attached hydrogen (secondary N) is 1. The summed E-state index contributed by atoms with van der Waals surface area (Å²) in [6, 6.07) is 29.2. The van der Waals surface area contributed by atoms with Crippen LogP contribution in [-0.2, 0) is 19.6 Å². The molecule has 0 saturated carbocycles. The maximum Gasteiger partial charge on any atom is 0.251 e. The van der Waals surface area contributed by atoms with Gasteiger partial charge in [-0.15, -0.1) is 11.3 Å². The van der Waals surface area contributed by atoms with Crippen LogP contribution in [0.4, 0.5) is 8.78 Å². The van der Waals surface area contributed by atoms with E-state index in [4.69, 9.17) is 0 Å². The van der Waals surface area contributed by atoms with E-state index in [1.807, 2.05) is 56.4 Å². The van der Waals surface area contributed by atoms with Crippen LogP contribution < -0.4 is 10.7 Å². The second kappa shape index (κ2) is 14.3. The van der Waals surface area contributed by atoms with Gasteiger partial charge in [0.05, 0.1) is 17.5 Å². The molecule has 6 rings (SSSR count). The number of aromatic nitrogens is 1. The summed E-state index contributed by atoms with van der Waals surface area (Å²) < 4.78 is 31.6. The Morgan fingerprint density at radius 1 is 0.792 bits per heavy atom. The first-order valence-electron chi connectivity index (χ1n) is 15.6. The van der Waals surface area contributed by atoms with Gasteiger partial charge in [-0.3, -0.25) is 19.3 Å². The van der Waals surface area contributed by atoms with Gasteiger partial charge in [-0.05, 0) is 54.9 Å². The number of hydrogen-bond donors (Lipinski definition) is 1. The Balaban J connectivity index is 1.58. The predicted octanol–water partition coefficient (Wildman–Crippen LogP) is 7.67. The first kappa shape index (κ1) is 32.7. The lowest BCUT2D eigenvalue weighted by molar-refractivity contribution is 0.0955. The molecule has 1 N–H and O–H groups in total. The van der Waals surface area contributed by atoms with Crippen molar-refractivity contribution >= 4 is 33.2 Å². The van der Waals surface area contributed by atoms with Gasteiger partial charge in [-0.2, -0.15) is 0 Å². The van der Waals surface area contributed by atoms with Crippen molar-refractivity contribution in [2.45, 2.75) is 26.6 Å². The maximum absolute atomic E-state index is 15.0. The van der Waals surface area contributed by atoms with Crippen molar-refractivity contribution in [1.29, 1.82) is 0 Å². The summed E-state index contributed by atoms with van der Waals surface area (Å²) >= 11 is 1.32. The molecule has 0 bridgehead atoms. The number of halogens is 2. The van der Waals surface area contributed by atoms with Crippen molar-refractivity contribution in [2.75, 3.05) is 13.6 Å². The molecule has 6 nitrogen and oxygen atoms in total. The number of benzene rings is 4. The molecule has 1 amide bonds. The first-order valence-corrected chi connectivity index (χ1v) is 16.4. The van der Waals surface area contributed by atoms with Crippen LogP contribution in [0.3, 0.4) is 0 Å². The van der Waals surface area contributed by atoms with Gasteiger partial charge >= 0.3 is 0 Å². The molecular weight excluding hydrogens is 629 g/mol. The van der Waals surface area contributed by atoms with E-state index in [9.17, 15) is 14.4 Å². The van der Waals surface area contributed by atoms with Crippen molar-refractivity contribution < 1.29 is 18.4 Å². The monoisotopic (exact) mass is 661 g/mol. The third-order valence-electron chi connectivity index (χ3n) is 8.15. The Morgan fingerprint density at radius 3 is 2.08 bits per heavy atom. The second-order valence-electron chi connectivity index (χ2n) is 11.6. The van der Waals surface area contributed by atoms with Crippen molar-refractivity contribution in [2.24, 2.45) is 0 Å². The molecule has 6 aromatic rings. The summed E-state index contributed by atoms with van der Waals surface area (Å²) in [6.45, 7) is 3.04. The van der Waals surface area contributed by atoms with Crippen LogP contribution >= 0.6 is 11.3 Å². The minimum absolute atomic E-state index is 0.0895. The van der Waals surface area contributed by atoms with Gasteiger partial charge in [0.15, 0.2) is 5.78 Å². The van der Waals surface area contributed by atoms with Gasteiger partial charge in [-0.25, -0.2) is 8.78 Å². The number of nitrogens with zero attached hydrogens (tertiary/aromatic N) is 2. The Bertz CT molecular complexity index is 2140. The molecule has 4 aromatic carbocycles. The molecule has 0 fully saturated rings. The van der Waals surface area contributed by atoms with E-state index < -0.39 is 22.8 Å². The van der Waals surface area contributed by atoms with Gasteiger partial charge in [0.25, 0.3) is 5.91 Å². The molecule has 2 aromatic heterocycles. The fourth-order valence-electron chi connectivity index (χ4n) is 5.81. The molecule has 0 radical (unpaired) electrons. The smallest absolute Gasteiger partial charge is 0.251 e. The Hall–Kier alpha value is -5.25. The van der Waals surface area contributed by atoms with Crippen LogP contribution in [0.1, 0.15) is 49.9 Å². The molecule has 48 heavy (non-hydrogen) atoms. The van der Waals surface area contributed by atoms with Crippen molar-refractivity contribution in [3.05, 3.63) is 165 Å². The van der Waals surface area contributed by atoms with Crippen LogP contribution in [0.5, 0.6) is 0 Å². The fraction of sp³-hybridized carbons (Fsp3) is 0.154. The average molecular weight is 662 g/mol. The zero-order valence-electron chi connectivity index (χ0n) is 26.5. The quantitative estimate of drug-likeness (QED) is 0.145. The molecule has 242 valence electrons. The van der Waals surface area contributed by atoms with Crippen molar-refractivity contribution in [3.8, 4) is 10.4 Å². The summed E-state index contributed by atoms with van der Waals surface area (Å²) in [5.41, 5.74) is 2.65. The Morgan fingerprint density at radius 2 is 1.44 bits per heavy atom. The van der Waals surface area contributed by atoms with E-state index in [0.717, 1.165) is 16.0 Å². The van der Waals surface area contributed by atoms with Crippen LogP contribution in [0.25, 0.3) is 20.7 Å². The van der Waals surface area contributed by atoms with E-state index >= 15 is 8.78 Å². The standard InChI is InChI=1S/C39H33F2N3O3S/c1-3-42-38(47)28-19-17-27(18-20-28)37-30(22-43(2)21-25-11-6-4-7-12-25)34-36(46)31(35(45)26-13-8-5-9-14-26)24-44(39(34)48-37)23-29-32(40)15-10-16-33(29)41/h4-20,24H,3,21-23H2,1-2H3,(H,42,47). The molecule has 9 heteroatoms. The van der Waals surface area contributed by atoms with Crippen LogP contribution in [0.15, 0.2) is 114 Å². The largest absolute Gasteiger partial charge is 0.352 e. The number of ketones is 1. The van der Waals surface area contributed by atoms with Crippen LogP contribution in [-0.4, -0.2) is 34.7 Å². The number of carbonyl (C=O) groups is 2. The lowest BCUT2D eigenvalue weighted by Gasteiger charge is -2.18. The molecule has 0 spiro atoms. The van der Waals surface area contributed by atoms with Gasteiger partial charge in [0.2, 0.25) is 5.43 Å². The van der Waals surface area contributed by atoms with Crippen LogP contribution in [0, 0.1) is 11.6 Å². The summed E-state index contributed by atoms with van der Waals surface area (Å²) in [7, 11) is 1.95. The topological polar surface area (TPSA) is 71.4 Å². The second-order valence-corrected chi connectivity index (χ2v) is 12.6.